The van der Waals surface area contributed by atoms with E-state index in [-0.39, 0.29) is 11.5 Å². The van der Waals surface area contributed by atoms with E-state index < -0.39 is 10.0 Å². The molecule has 0 atom stereocenters. The van der Waals surface area contributed by atoms with Crippen LogP contribution in [0.3, 0.4) is 0 Å². The van der Waals surface area contributed by atoms with Crippen LogP contribution in [0.15, 0.2) is 17.0 Å². The number of thioether (sulfide) groups is 1. The van der Waals surface area contributed by atoms with Crippen molar-refractivity contribution in [2.24, 2.45) is 0 Å². The van der Waals surface area contributed by atoms with E-state index in [1.165, 1.54) is 12.1 Å². The van der Waals surface area contributed by atoms with Crippen molar-refractivity contribution < 1.29 is 13.5 Å². The number of anilines is 1. The third kappa shape index (κ3) is 5.14. The molecule has 0 saturated carbocycles. The van der Waals surface area contributed by atoms with Gasteiger partial charge in [-0.25, -0.2) is 13.1 Å². The summed E-state index contributed by atoms with van der Waals surface area (Å²) in [5.74, 6) is 1.45. The lowest BCUT2D eigenvalue weighted by Gasteiger charge is -2.11. The van der Waals surface area contributed by atoms with Crippen molar-refractivity contribution in [3.8, 4) is 0 Å². The number of hydrogen-bond donors (Lipinski definition) is 3. The Morgan fingerprint density at radius 2 is 2.10 bits per heavy atom. The van der Waals surface area contributed by atoms with Gasteiger partial charge in [0.05, 0.1) is 4.90 Å². The number of rotatable bonds is 8. The zero-order chi connectivity index (χ0) is 15.2. The second kappa shape index (κ2) is 8.09. The maximum atomic E-state index is 12.2. The molecular weight excluding hydrogens is 320 g/mol. The van der Waals surface area contributed by atoms with Crippen LogP contribution in [-0.2, 0) is 10.0 Å². The van der Waals surface area contributed by atoms with Crippen LogP contribution in [0.25, 0.3) is 0 Å². The van der Waals surface area contributed by atoms with Gasteiger partial charge in [0, 0.05) is 29.6 Å². The quantitative estimate of drug-likeness (QED) is 0.495. The summed E-state index contributed by atoms with van der Waals surface area (Å²) in [6, 6.07) is 2.93. The fraction of sp³-hybridized carbons (Fsp3) is 0.500. The molecule has 0 bridgehead atoms. The van der Waals surface area contributed by atoms with Gasteiger partial charge < -0.3 is 10.8 Å². The Morgan fingerprint density at radius 3 is 2.75 bits per heavy atom. The summed E-state index contributed by atoms with van der Waals surface area (Å²) in [6.45, 7) is 2.13. The first kappa shape index (κ1) is 17.6. The molecule has 20 heavy (non-hydrogen) atoms. The van der Waals surface area contributed by atoms with Crippen LogP contribution in [0.1, 0.15) is 12.0 Å². The Labute approximate surface area is 128 Å². The van der Waals surface area contributed by atoms with E-state index in [1.807, 2.05) is 0 Å². The predicted octanol–water partition coefficient (Wildman–Crippen LogP) is 1.62. The van der Waals surface area contributed by atoms with Crippen molar-refractivity contribution in [3.63, 3.8) is 0 Å². The monoisotopic (exact) mass is 338 g/mol. The molecule has 0 amide bonds. The molecule has 8 heteroatoms. The van der Waals surface area contributed by atoms with Crippen LogP contribution in [0, 0.1) is 6.92 Å². The van der Waals surface area contributed by atoms with Crippen LogP contribution >= 0.6 is 23.4 Å². The Morgan fingerprint density at radius 1 is 1.40 bits per heavy atom. The molecule has 0 fully saturated rings. The van der Waals surface area contributed by atoms with Crippen molar-refractivity contribution in [3.05, 3.63) is 22.7 Å². The van der Waals surface area contributed by atoms with Gasteiger partial charge in [0.2, 0.25) is 10.0 Å². The van der Waals surface area contributed by atoms with Crippen LogP contribution in [0.4, 0.5) is 5.69 Å². The van der Waals surface area contributed by atoms with Gasteiger partial charge in [-0.05, 0) is 36.8 Å². The first-order chi connectivity index (χ1) is 9.38. The molecule has 0 aliphatic rings. The van der Waals surface area contributed by atoms with Crippen molar-refractivity contribution in [1.29, 1.82) is 0 Å². The summed E-state index contributed by atoms with van der Waals surface area (Å²) in [6.07, 6.45) is 0.710. The second-order valence-electron chi connectivity index (χ2n) is 4.21. The van der Waals surface area contributed by atoms with Gasteiger partial charge in [-0.15, -0.1) is 0 Å². The van der Waals surface area contributed by atoms with E-state index in [0.717, 1.165) is 5.75 Å². The standard InChI is InChI=1S/C12H19ClN2O3S2/c1-9-11(14)7-10(13)8-12(9)20(17,18)15-3-6-19-5-2-4-16/h7-8,15-16H,2-6,14H2,1H3. The number of nitrogens with one attached hydrogen (secondary N) is 1. The number of hydrogen-bond acceptors (Lipinski definition) is 5. The van der Waals surface area contributed by atoms with E-state index >= 15 is 0 Å². The molecular formula is C12H19ClN2O3S2. The zero-order valence-electron chi connectivity index (χ0n) is 11.2. The van der Waals surface area contributed by atoms with Crippen molar-refractivity contribution >= 4 is 39.1 Å². The largest absolute Gasteiger partial charge is 0.398 e. The molecule has 1 aromatic rings. The minimum atomic E-state index is -3.61. The highest BCUT2D eigenvalue weighted by atomic mass is 35.5. The average Bonchev–Trinajstić information content (AvgIpc) is 2.37. The van der Waals surface area contributed by atoms with Gasteiger partial charge in [-0.2, -0.15) is 11.8 Å². The van der Waals surface area contributed by atoms with E-state index in [9.17, 15) is 8.42 Å². The molecule has 0 heterocycles. The molecule has 1 rings (SSSR count). The first-order valence-corrected chi connectivity index (χ1v) is 9.14. The lowest BCUT2D eigenvalue weighted by molar-refractivity contribution is 0.296. The van der Waals surface area contributed by atoms with E-state index in [2.05, 4.69) is 4.72 Å². The molecule has 0 radical (unpaired) electrons. The molecule has 5 nitrogen and oxygen atoms in total. The Hall–Kier alpha value is -0.470. The van der Waals surface area contributed by atoms with Crippen LogP contribution < -0.4 is 10.5 Å². The van der Waals surface area contributed by atoms with Gasteiger partial charge in [0.25, 0.3) is 0 Å². The smallest absolute Gasteiger partial charge is 0.240 e. The summed E-state index contributed by atoms with van der Waals surface area (Å²) >= 11 is 7.43. The topological polar surface area (TPSA) is 92.4 Å². The van der Waals surface area contributed by atoms with Gasteiger partial charge in [-0.1, -0.05) is 11.6 Å². The number of benzene rings is 1. The van der Waals surface area contributed by atoms with Gasteiger partial charge >= 0.3 is 0 Å². The lowest BCUT2D eigenvalue weighted by Crippen LogP contribution is -2.27. The lowest BCUT2D eigenvalue weighted by atomic mass is 10.2. The van der Waals surface area contributed by atoms with Crippen LogP contribution in [0.5, 0.6) is 0 Å². The maximum Gasteiger partial charge on any atom is 0.240 e. The number of sulfonamides is 1. The highest BCUT2D eigenvalue weighted by molar-refractivity contribution is 7.99. The van der Waals surface area contributed by atoms with Crippen molar-refractivity contribution in [1.82, 2.24) is 4.72 Å². The highest BCUT2D eigenvalue weighted by Crippen LogP contribution is 2.25. The molecule has 0 aliphatic carbocycles. The van der Waals surface area contributed by atoms with E-state index in [4.69, 9.17) is 22.4 Å². The molecule has 0 spiro atoms. The number of nitrogens with two attached hydrogens (primary N) is 1. The minimum absolute atomic E-state index is 0.114. The molecule has 0 saturated heterocycles. The molecule has 1 aromatic carbocycles. The molecule has 0 unspecified atom stereocenters. The Kier molecular flexibility index (Phi) is 7.11. The number of nitrogen functional groups attached to an aromatic ring is 1. The molecule has 0 aliphatic heterocycles. The Bertz CT molecular complexity index is 550. The van der Waals surface area contributed by atoms with E-state index in [0.29, 0.717) is 35.0 Å². The maximum absolute atomic E-state index is 12.2. The number of aliphatic hydroxyl groups excluding tert-OH is 1. The summed E-state index contributed by atoms with van der Waals surface area (Å²) in [4.78, 5) is 0.114. The number of aliphatic hydroxyl groups is 1. The minimum Gasteiger partial charge on any atom is -0.398 e. The molecule has 4 N–H and O–H groups in total. The van der Waals surface area contributed by atoms with E-state index in [1.54, 1.807) is 18.7 Å². The zero-order valence-corrected chi connectivity index (χ0v) is 13.6. The normalized spacial score (nSPS) is 11.8. The fourth-order valence-electron chi connectivity index (χ4n) is 1.55. The van der Waals surface area contributed by atoms with Crippen molar-refractivity contribution in [2.45, 2.75) is 18.2 Å². The SMILES string of the molecule is Cc1c(N)cc(Cl)cc1S(=O)(=O)NCCSCCCO. The van der Waals surface area contributed by atoms with Crippen molar-refractivity contribution in [2.75, 3.05) is 30.4 Å². The molecule has 0 aromatic heterocycles. The van der Waals surface area contributed by atoms with Gasteiger partial charge in [0.15, 0.2) is 0 Å². The molecule has 114 valence electrons. The van der Waals surface area contributed by atoms with Crippen LogP contribution in [0.2, 0.25) is 5.02 Å². The fourth-order valence-corrected chi connectivity index (χ4v) is 4.08. The second-order valence-corrected chi connectivity index (χ2v) is 7.60. The van der Waals surface area contributed by atoms with Crippen LogP contribution in [-0.4, -0.2) is 38.2 Å². The van der Waals surface area contributed by atoms with Gasteiger partial charge in [-0.3, -0.25) is 0 Å². The first-order valence-electron chi connectivity index (χ1n) is 6.12. The summed E-state index contributed by atoms with van der Waals surface area (Å²) in [5.41, 5.74) is 6.58. The van der Waals surface area contributed by atoms with Gasteiger partial charge in [0.1, 0.15) is 0 Å². The third-order valence-corrected chi connectivity index (χ3v) is 5.52. The summed E-state index contributed by atoms with van der Waals surface area (Å²) in [7, 11) is -3.61. The summed E-state index contributed by atoms with van der Waals surface area (Å²) < 4.78 is 26.9. The summed E-state index contributed by atoms with van der Waals surface area (Å²) in [5, 5.41) is 8.93. The highest BCUT2D eigenvalue weighted by Gasteiger charge is 2.18. The Balaban J connectivity index is 2.65. The number of halogens is 1. The predicted molar refractivity (Wildman–Crippen MR) is 84.8 cm³/mol. The third-order valence-electron chi connectivity index (χ3n) is 2.64. The average molecular weight is 339 g/mol.